The molecule has 1 N–H and O–H groups in total. The topological polar surface area (TPSA) is 84.9 Å². The van der Waals surface area contributed by atoms with Gasteiger partial charge in [0.15, 0.2) is 0 Å². The zero-order valence-corrected chi connectivity index (χ0v) is 17.2. The van der Waals surface area contributed by atoms with Crippen LogP contribution in [0.25, 0.3) is 0 Å². The normalized spacial score (nSPS) is 11.1. The van der Waals surface area contributed by atoms with Gasteiger partial charge in [0, 0.05) is 32.9 Å². The Bertz CT molecular complexity index is 882. The van der Waals surface area contributed by atoms with E-state index in [2.05, 4.69) is 5.32 Å². The molecule has 0 radical (unpaired) electrons. The molecule has 0 aliphatic rings. The van der Waals surface area contributed by atoms with Crippen molar-refractivity contribution in [1.82, 2.24) is 5.32 Å². The molecule has 2 aromatic carbocycles. The number of carbonyl (C=O) groups excluding carboxylic acids is 1. The molecule has 1 amide bonds. The van der Waals surface area contributed by atoms with Gasteiger partial charge in [-0.25, -0.2) is 8.42 Å². The summed E-state index contributed by atoms with van der Waals surface area (Å²) in [6.07, 6.45) is 1.63. The maximum atomic E-state index is 12.9. The molecule has 7 nitrogen and oxygen atoms in total. The molecule has 0 aliphatic carbocycles. The van der Waals surface area contributed by atoms with E-state index in [1.54, 1.807) is 50.6 Å². The molecule has 2 rings (SSSR count). The summed E-state index contributed by atoms with van der Waals surface area (Å²) < 4.78 is 37.1. The van der Waals surface area contributed by atoms with E-state index in [-0.39, 0.29) is 10.8 Å². The molecular formula is C20H26N2O5S. The van der Waals surface area contributed by atoms with E-state index in [0.717, 1.165) is 12.8 Å². The molecule has 0 heterocycles. The van der Waals surface area contributed by atoms with E-state index < -0.39 is 10.0 Å². The molecule has 0 spiro atoms. The Morgan fingerprint density at radius 2 is 1.79 bits per heavy atom. The maximum absolute atomic E-state index is 12.9. The van der Waals surface area contributed by atoms with E-state index >= 15 is 0 Å². The molecule has 0 unspecified atom stereocenters. The third-order valence-corrected chi connectivity index (χ3v) is 6.03. The number of methoxy groups -OCH3 is 2. The lowest BCUT2D eigenvalue weighted by Crippen LogP contribution is -2.28. The van der Waals surface area contributed by atoms with Gasteiger partial charge >= 0.3 is 0 Å². The predicted molar refractivity (Wildman–Crippen MR) is 108 cm³/mol. The number of hydrogen-bond acceptors (Lipinski definition) is 5. The molecule has 0 atom stereocenters. The highest BCUT2D eigenvalue weighted by Gasteiger charge is 2.22. The van der Waals surface area contributed by atoms with Gasteiger partial charge in [-0.3, -0.25) is 9.10 Å². The summed E-state index contributed by atoms with van der Waals surface area (Å²) in [6.45, 7) is 1.15. The van der Waals surface area contributed by atoms with Gasteiger partial charge in [0.05, 0.1) is 17.7 Å². The van der Waals surface area contributed by atoms with Crippen LogP contribution in [-0.2, 0) is 14.8 Å². The largest absolute Gasteiger partial charge is 0.497 e. The summed E-state index contributed by atoms with van der Waals surface area (Å²) in [5, 5.41) is 2.79. The minimum absolute atomic E-state index is 0.0536. The first-order valence-corrected chi connectivity index (χ1v) is 10.3. The molecule has 0 saturated carbocycles. The van der Waals surface area contributed by atoms with Crippen molar-refractivity contribution in [2.45, 2.75) is 17.7 Å². The van der Waals surface area contributed by atoms with Crippen LogP contribution in [-0.4, -0.2) is 48.7 Å². The van der Waals surface area contributed by atoms with Gasteiger partial charge < -0.3 is 14.8 Å². The third kappa shape index (κ3) is 5.46. The second-order valence-corrected chi connectivity index (χ2v) is 8.12. The summed E-state index contributed by atoms with van der Waals surface area (Å²) in [5.74, 6) is 0.334. The smallest absolute Gasteiger partial charge is 0.264 e. The highest BCUT2D eigenvalue weighted by Crippen LogP contribution is 2.24. The zero-order chi connectivity index (χ0) is 20.6. The van der Waals surface area contributed by atoms with Crippen LogP contribution in [0.3, 0.4) is 0 Å². The number of benzene rings is 2. The molecule has 152 valence electrons. The Morgan fingerprint density at radius 3 is 2.43 bits per heavy atom. The van der Waals surface area contributed by atoms with Gasteiger partial charge in [0.1, 0.15) is 5.75 Å². The second kappa shape index (κ2) is 10.1. The van der Waals surface area contributed by atoms with Crippen LogP contribution in [0.2, 0.25) is 0 Å². The van der Waals surface area contributed by atoms with Crippen molar-refractivity contribution in [1.29, 1.82) is 0 Å². The summed E-state index contributed by atoms with van der Waals surface area (Å²) in [5.41, 5.74) is 0.796. The molecule has 0 aromatic heterocycles. The van der Waals surface area contributed by atoms with Crippen molar-refractivity contribution in [3.8, 4) is 5.75 Å². The van der Waals surface area contributed by atoms with Crippen molar-refractivity contribution in [2.75, 3.05) is 38.7 Å². The molecule has 0 aliphatic heterocycles. The summed E-state index contributed by atoms with van der Waals surface area (Å²) in [7, 11) is 0.845. The Kier molecular flexibility index (Phi) is 7.83. The van der Waals surface area contributed by atoms with Crippen LogP contribution in [0.4, 0.5) is 5.69 Å². The van der Waals surface area contributed by atoms with Crippen LogP contribution in [0, 0.1) is 0 Å². The predicted octanol–water partition coefficient (Wildman–Crippen LogP) is 2.68. The zero-order valence-electron chi connectivity index (χ0n) is 16.3. The lowest BCUT2D eigenvalue weighted by atomic mass is 10.2. The molecule has 2 aromatic rings. The van der Waals surface area contributed by atoms with Crippen molar-refractivity contribution in [2.24, 2.45) is 0 Å². The van der Waals surface area contributed by atoms with E-state index in [1.807, 2.05) is 0 Å². The lowest BCUT2D eigenvalue weighted by Gasteiger charge is -2.20. The van der Waals surface area contributed by atoms with E-state index in [9.17, 15) is 13.2 Å². The number of rotatable bonds is 10. The van der Waals surface area contributed by atoms with Gasteiger partial charge in [0.2, 0.25) is 0 Å². The fourth-order valence-corrected chi connectivity index (χ4v) is 3.80. The van der Waals surface area contributed by atoms with Gasteiger partial charge in [-0.1, -0.05) is 6.07 Å². The van der Waals surface area contributed by atoms with Gasteiger partial charge in [-0.15, -0.1) is 0 Å². The molecule has 0 fully saturated rings. The maximum Gasteiger partial charge on any atom is 0.264 e. The average Bonchev–Trinajstić information content (AvgIpc) is 2.73. The standard InChI is InChI=1S/C20H26N2O5S/c1-22(17-9-11-18(27-3)12-10-17)28(24,25)19-8-6-7-16(15-19)20(23)21-13-4-5-14-26-2/h6-12,15H,4-5,13-14H2,1-3H3,(H,21,23). The monoisotopic (exact) mass is 406 g/mol. The van der Waals surface area contributed by atoms with Crippen molar-refractivity contribution in [3.63, 3.8) is 0 Å². The average molecular weight is 407 g/mol. The first kappa shape index (κ1) is 21.7. The Balaban J connectivity index is 2.12. The highest BCUT2D eigenvalue weighted by molar-refractivity contribution is 7.92. The number of carbonyl (C=O) groups is 1. The molecule has 8 heteroatoms. The second-order valence-electron chi connectivity index (χ2n) is 6.15. The van der Waals surface area contributed by atoms with Crippen molar-refractivity contribution in [3.05, 3.63) is 54.1 Å². The van der Waals surface area contributed by atoms with Crippen LogP contribution in [0.15, 0.2) is 53.4 Å². The first-order valence-electron chi connectivity index (χ1n) is 8.90. The highest BCUT2D eigenvalue weighted by atomic mass is 32.2. The number of nitrogens with zero attached hydrogens (tertiary/aromatic N) is 1. The molecule has 0 bridgehead atoms. The Morgan fingerprint density at radius 1 is 1.07 bits per heavy atom. The van der Waals surface area contributed by atoms with Crippen molar-refractivity contribution >= 4 is 21.6 Å². The Labute approximate surface area is 166 Å². The third-order valence-electron chi connectivity index (χ3n) is 4.25. The fraction of sp³-hybridized carbons (Fsp3) is 0.350. The molecular weight excluding hydrogens is 380 g/mol. The van der Waals surface area contributed by atoms with Gasteiger partial charge in [0.25, 0.3) is 15.9 Å². The number of unbranched alkanes of at least 4 members (excludes halogenated alkanes) is 1. The van der Waals surface area contributed by atoms with Crippen molar-refractivity contribution < 1.29 is 22.7 Å². The number of sulfonamides is 1. The van der Waals surface area contributed by atoms with Crippen LogP contribution < -0.4 is 14.4 Å². The SMILES string of the molecule is COCCCCNC(=O)c1cccc(S(=O)(=O)N(C)c2ccc(OC)cc2)c1. The van der Waals surface area contributed by atoms with Crippen LogP contribution in [0.1, 0.15) is 23.2 Å². The lowest BCUT2D eigenvalue weighted by molar-refractivity contribution is 0.0951. The Hall–Kier alpha value is -2.58. The first-order chi connectivity index (χ1) is 13.4. The number of anilines is 1. The fourth-order valence-electron chi connectivity index (χ4n) is 2.56. The minimum atomic E-state index is -3.80. The van der Waals surface area contributed by atoms with Crippen LogP contribution >= 0.6 is 0 Å². The van der Waals surface area contributed by atoms with Gasteiger partial charge in [-0.05, 0) is 55.3 Å². The number of nitrogens with one attached hydrogen (secondary N) is 1. The van der Waals surface area contributed by atoms with Gasteiger partial charge in [-0.2, -0.15) is 0 Å². The quantitative estimate of drug-likeness (QED) is 0.613. The summed E-state index contributed by atoms with van der Waals surface area (Å²) >= 11 is 0. The number of ether oxygens (including phenoxy) is 2. The number of amides is 1. The van der Waals surface area contributed by atoms with E-state index in [0.29, 0.717) is 30.2 Å². The van der Waals surface area contributed by atoms with Crippen LogP contribution in [0.5, 0.6) is 5.75 Å². The number of hydrogen-bond donors (Lipinski definition) is 1. The summed E-state index contributed by atoms with van der Waals surface area (Å²) in [4.78, 5) is 12.4. The van der Waals surface area contributed by atoms with E-state index in [4.69, 9.17) is 9.47 Å². The minimum Gasteiger partial charge on any atom is -0.497 e. The molecule has 28 heavy (non-hydrogen) atoms. The summed E-state index contributed by atoms with van der Waals surface area (Å²) in [6, 6.07) is 12.7. The van der Waals surface area contributed by atoms with E-state index in [1.165, 1.54) is 23.5 Å². The molecule has 0 saturated heterocycles.